The lowest BCUT2D eigenvalue weighted by atomic mass is 10.0. The summed E-state index contributed by atoms with van der Waals surface area (Å²) in [5.74, 6) is 0.646. The first-order valence-corrected chi connectivity index (χ1v) is 5.13. The van der Waals surface area contributed by atoms with E-state index in [-0.39, 0.29) is 11.9 Å². The zero-order valence-electron chi connectivity index (χ0n) is 8.84. The fourth-order valence-electron chi connectivity index (χ4n) is 1.88. The second-order valence-electron chi connectivity index (χ2n) is 4.04. The van der Waals surface area contributed by atoms with Crippen LogP contribution in [0, 0.1) is 5.92 Å². The molecule has 1 atom stereocenters. The van der Waals surface area contributed by atoms with E-state index >= 15 is 0 Å². The number of likely N-dealkylation sites (N-methyl/N-ethyl adjacent to an activating group) is 1. The average molecular weight is 184 g/mol. The minimum atomic E-state index is -0.00176. The molecule has 0 aliphatic carbocycles. The minimum absolute atomic E-state index is 0.00176. The van der Waals surface area contributed by atoms with E-state index in [1.165, 1.54) is 12.8 Å². The Morgan fingerprint density at radius 2 is 1.85 bits per heavy atom. The van der Waals surface area contributed by atoms with Crippen LogP contribution >= 0.6 is 0 Å². The van der Waals surface area contributed by atoms with Gasteiger partial charge in [-0.25, -0.2) is 0 Å². The summed E-state index contributed by atoms with van der Waals surface area (Å²) in [4.78, 5) is 13.9. The molecule has 1 rings (SSSR count). The van der Waals surface area contributed by atoms with Crippen molar-refractivity contribution in [2.45, 2.75) is 32.7 Å². The predicted octanol–water partition coefficient (Wildman–Crippen LogP) is 0.853. The molecule has 0 unspecified atom stereocenters. The fourth-order valence-corrected chi connectivity index (χ4v) is 1.88. The van der Waals surface area contributed by atoms with Crippen molar-refractivity contribution in [2.75, 3.05) is 20.1 Å². The lowest BCUT2D eigenvalue weighted by molar-refractivity contribution is -0.133. The van der Waals surface area contributed by atoms with Gasteiger partial charge in [-0.05, 0) is 25.8 Å². The standard InChI is InChI=1S/C10H20N2O/c1-8(2)9(11-3)10(13)12-6-4-5-7-12/h8-9,11H,4-7H2,1-3H3/t9-/m1/s1. The van der Waals surface area contributed by atoms with Crippen LogP contribution in [-0.2, 0) is 4.79 Å². The molecule has 3 nitrogen and oxygen atoms in total. The van der Waals surface area contributed by atoms with E-state index in [1.807, 2.05) is 11.9 Å². The molecule has 0 aromatic heterocycles. The first kappa shape index (κ1) is 10.5. The van der Waals surface area contributed by atoms with Crippen LogP contribution in [0.25, 0.3) is 0 Å². The molecule has 0 aromatic carbocycles. The first-order valence-electron chi connectivity index (χ1n) is 5.13. The van der Waals surface area contributed by atoms with E-state index in [1.54, 1.807) is 0 Å². The van der Waals surface area contributed by atoms with Crippen LogP contribution in [-0.4, -0.2) is 37.0 Å². The van der Waals surface area contributed by atoms with E-state index in [9.17, 15) is 4.79 Å². The SMILES string of the molecule is CN[C@@H](C(=O)N1CCCC1)C(C)C. The Bertz CT molecular complexity index is 174. The summed E-state index contributed by atoms with van der Waals surface area (Å²) in [7, 11) is 1.86. The summed E-state index contributed by atoms with van der Waals surface area (Å²) in [6.07, 6.45) is 2.33. The Morgan fingerprint density at radius 3 is 2.23 bits per heavy atom. The Balaban J connectivity index is 2.52. The Kier molecular flexibility index (Phi) is 3.72. The maximum absolute atomic E-state index is 11.9. The van der Waals surface area contributed by atoms with Crippen molar-refractivity contribution in [1.29, 1.82) is 0 Å². The van der Waals surface area contributed by atoms with Gasteiger partial charge in [0.25, 0.3) is 0 Å². The van der Waals surface area contributed by atoms with Crippen LogP contribution in [0.2, 0.25) is 0 Å². The molecule has 3 heteroatoms. The van der Waals surface area contributed by atoms with Gasteiger partial charge in [-0.2, -0.15) is 0 Å². The highest BCUT2D eigenvalue weighted by atomic mass is 16.2. The highest BCUT2D eigenvalue weighted by molar-refractivity contribution is 5.82. The van der Waals surface area contributed by atoms with Crippen molar-refractivity contribution in [3.05, 3.63) is 0 Å². The van der Waals surface area contributed by atoms with Gasteiger partial charge in [0.05, 0.1) is 6.04 Å². The molecule has 0 saturated carbocycles. The average Bonchev–Trinajstić information content (AvgIpc) is 2.56. The second kappa shape index (κ2) is 4.61. The molecule has 1 heterocycles. The van der Waals surface area contributed by atoms with Gasteiger partial charge in [-0.15, -0.1) is 0 Å². The minimum Gasteiger partial charge on any atom is -0.341 e. The van der Waals surface area contributed by atoms with Gasteiger partial charge in [0, 0.05) is 13.1 Å². The smallest absolute Gasteiger partial charge is 0.239 e. The number of rotatable bonds is 3. The van der Waals surface area contributed by atoms with Crippen molar-refractivity contribution in [3.63, 3.8) is 0 Å². The van der Waals surface area contributed by atoms with E-state index in [4.69, 9.17) is 0 Å². The monoisotopic (exact) mass is 184 g/mol. The summed E-state index contributed by atoms with van der Waals surface area (Å²) >= 11 is 0. The fraction of sp³-hybridized carbons (Fsp3) is 0.900. The maximum Gasteiger partial charge on any atom is 0.239 e. The highest BCUT2D eigenvalue weighted by Crippen LogP contribution is 2.12. The lowest BCUT2D eigenvalue weighted by Gasteiger charge is -2.25. The molecule has 0 aromatic rings. The summed E-state index contributed by atoms with van der Waals surface area (Å²) in [6.45, 7) is 6.05. The summed E-state index contributed by atoms with van der Waals surface area (Å²) in [5.41, 5.74) is 0. The van der Waals surface area contributed by atoms with Crippen LogP contribution in [0.1, 0.15) is 26.7 Å². The second-order valence-corrected chi connectivity index (χ2v) is 4.04. The van der Waals surface area contributed by atoms with Crippen molar-refractivity contribution in [1.82, 2.24) is 10.2 Å². The topological polar surface area (TPSA) is 32.3 Å². The van der Waals surface area contributed by atoms with Crippen molar-refractivity contribution < 1.29 is 4.79 Å². The molecule has 1 aliphatic heterocycles. The predicted molar refractivity (Wildman–Crippen MR) is 53.5 cm³/mol. The van der Waals surface area contributed by atoms with E-state index in [2.05, 4.69) is 19.2 Å². The summed E-state index contributed by atoms with van der Waals surface area (Å²) < 4.78 is 0. The molecule has 1 amide bonds. The number of hydrogen-bond acceptors (Lipinski definition) is 2. The van der Waals surface area contributed by atoms with E-state index in [0.717, 1.165) is 13.1 Å². The molecule has 1 N–H and O–H groups in total. The van der Waals surface area contributed by atoms with Crippen molar-refractivity contribution in [2.24, 2.45) is 5.92 Å². The molecule has 1 saturated heterocycles. The van der Waals surface area contributed by atoms with E-state index < -0.39 is 0 Å². The number of carbonyl (C=O) groups is 1. The Hall–Kier alpha value is -0.570. The van der Waals surface area contributed by atoms with Gasteiger partial charge in [-0.1, -0.05) is 13.8 Å². The van der Waals surface area contributed by atoms with Gasteiger partial charge in [0.15, 0.2) is 0 Å². The lowest BCUT2D eigenvalue weighted by Crippen LogP contribution is -2.47. The third-order valence-electron chi connectivity index (χ3n) is 2.66. The molecule has 0 radical (unpaired) electrons. The Morgan fingerprint density at radius 1 is 1.31 bits per heavy atom. The normalized spacial score (nSPS) is 19.5. The molecular weight excluding hydrogens is 164 g/mol. The molecular formula is C10H20N2O. The summed E-state index contributed by atoms with van der Waals surface area (Å²) in [5, 5.41) is 3.09. The van der Waals surface area contributed by atoms with Gasteiger partial charge >= 0.3 is 0 Å². The van der Waals surface area contributed by atoms with Crippen LogP contribution in [0.5, 0.6) is 0 Å². The first-order chi connectivity index (χ1) is 6.16. The van der Waals surface area contributed by atoms with Gasteiger partial charge in [0.1, 0.15) is 0 Å². The molecule has 1 aliphatic rings. The highest BCUT2D eigenvalue weighted by Gasteiger charge is 2.26. The molecule has 76 valence electrons. The zero-order valence-corrected chi connectivity index (χ0v) is 8.84. The van der Waals surface area contributed by atoms with Gasteiger partial charge in [-0.3, -0.25) is 4.79 Å². The third-order valence-corrected chi connectivity index (χ3v) is 2.66. The number of amides is 1. The molecule has 0 bridgehead atoms. The van der Waals surface area contributed by atoms with Crippen LogP contribution < -0.4 is 5.32 Å². The molecule has 0 spiro atoms. The summed E-state index contributed by atoms with van der Waals surface area (Å²) in [6, 6.07) is -0.00176. The van der Waals surface area contributed by atoms with Crippen molar-refractivity contribution in [3.8, 4) is 0 Å². The van der Waals surface area contributed by atoms with Crippen LogP contribution in [0.4, 0.5) is 0 Å². The number of nitrogens with one attached hydrogen (secondary N) is 1. The van der Waals surface area contributed by atoms with Crippen LogP contribution in [0.15, 0.2) is 0 Å². The number of hydrogen-bond donors (Lipinski definition) is 1. The van der Waals surface area contributed by atoms with Crippen molar-refractivity contribution >= 4 is 5.91 Å². The zero-order chi connectivity index (χ0) is 9.84. The van der Waals surface area contributed by atoms with Gasteiger partial charge < -0.3 is 10.2 Å². The van der Waals surface area contributed by atoms with Gasteiger partial charge in [0.2, 0.25) is 5.91 Å². The maximum atomic E-state index is 11.9. The number of carbonyl (C=O) groups excluding carboxylic acids is 1. The Labute approximate surface area is 80.5 Å². The molecule has 13 heavy (non-hydrogen) atoms. The molecule has 1 fully saturated rings. The van der Waals surface area contributed by atoms with E-state index in [0.29, 0.717) is 5.92 Å². The number of nitrogens with zero attached hydrogens (tertiary/aromatic N) is 1. The largest absolute Gasteiger partial charge is 0.341 e. The number of likely N-dealkylation sites (tertiary alicyclic amines) is 1. The van der Waals surface area contributed by atoms with Crippen LogP contribution in [0.3, 0.4) is 0 Å². The quantitative estimate of drug-likeness (QED) is 0.705. The third kappa shape index (κ3) is 2.44.